The topological polar surface area (TPSA) is 72.2 Å². The highest BCUT2D eigenvalue weighted by Crippen LogP contribution is 2.21. The summed E-state index contributed by atoms with van der Waals surface area (Å²) in [6, 6.07) is 9.37. The highest BCUT2D eigenvalue weighted by molar-refractivity contribution is 5.88. The number of hydrogen-bond acceptors (Lipinski definition) is 3. The van der Waals surface area contributed by atoms with Crippen molar-refractivity contribution >= 4 is 16.9 Å². The molecule has 0 aliphatic rings. The van der Waals surface area contributed by atoms with Crippen LogP contribution in [-0.2, 0) is 6.54 Å². The van der Waals surface area contributed by atoms with Gasteiger partial charge in [0.15, 0.2) is 0 Å². The zero-order valence-corrected chi connectivity index (χ0v) is 12.9. The van der Waals surface area contributed by atoms with Crippen LogP contribution in [0.2, 0.25) is 0 Å². The van der Waals surface area contributed by atoms with Gasteiger partial charge in [0.05, 0.1) is 12.1 Å². The third-order valence-corrected chi connectivity index (χ3v) is 4.05. The number of carbonyl (C=O) groups is 1. The zero-order chi connectivity index (χ0) is 16.6. The zero-order valence-electron chi connectivity index (χ0n) is 12.9. The van der Waals surface area contributed by atoms with Gasteiger partial charge in [0.1, 0.15) is 5.56 Å². The molecule has 0 saturated carbocycles. The number of nitrogens with zero attached hydrogens (tertiary/aromatic N) is 2. The third kappa shape index (κ3) is 2.61. The molecule has 0 amide bonds. The number of hydrogen-bond donors (Lipinski definition) is 1. The van der Waals surface area contributed by atoms with Crippen LogP contribution < -0.4 is 5.56 Å². The van der Waals surface area contributed by atoms with E-state index in [4.69, 9.17) is 0 Å². The van der Waals surface area contributed by atoms with E-state index in [-0.39, 0.29) is 5.56 Å². The highest BCUT2D eigenvalue weighted by atomic mass is 16.4. The molecule has 2 aromatic heterocycles. The summed E-state index contributed by atoms with van der Waals surface area (Å²) in [5, 5.41) is 10.2. The monoisotopic (exact) mass is 308 g/mol. The molecule has 0 aliphatic heterocycles. The van der Waals surface area contributed by atoms with Crippen molar-refractivity contribution in [1.82, 2.24) is 9.55 Å². The van der Waals surface area contributed by atoms with E-state index < -0.39 is 11.5 Å². The lowest BCUT2D eigenvalue weighted by Gasteiger charge is -2.13. The van der Waals surface area contributed by atoms with Crippen LogP contribution in [0, 0.1) is 13.8 Å². The van der Waals surface area contributed by atoms with E-state index in [9.17, 15) is 14.7 Å². The summed E-state index contributed by atoms with van der Waals surface area (Å²) >= 11 is 0. The standard InChI is InChI=1S/C18H16N2O3/c1-11-5-6-15-13(4-3-8-19-15)14(11)10-20-9-7-12(2)16(17(20)21)18(22)23/h3-9H,10H2,1-2H3,(H,22,23). The molecule has 1 aromatic carbocycles. The van der Waals surface area contributed by atoms with Crippen molar-refractivity contribution in [1.29, 1.82) is 0 Å². The van der Waals surface area contributed by atoms with Crippen molar-refractivity contribution in [3.8, 4) is 0 Å². The van der Waals surface area contributed by atoms with Gasteiger partial charge in [-0.2, -0.15) is 0 Å². The predicted molar refractivity (Wildman–Crippen MR) is 88.0 cm³/mol. The lowest BCUT2D eigenvalue weighted by atomic mass is 10.0. The van der Waals surface area contributed by atoms with E-state index in [0.29, 0.717) is 12.1 Å². The van der Waals surface area contributed by atoms with Crippen molar-refractivity contribution in [2.75, 3.05) is 0 Å². The van der Waals surface area contributed by atoms with Crippen LogP contribution in [-0.4, -0.2) is 20.6 Å². The van der Waals surface area contributed by atoms with Crippen molar-refractivity contribution in [2.45, 2.75) is 20.4 Å². The number of carboxylic acids is 1. The first-order valence-corrected chi connectivity index (χ1v) is 7.25. The molecule has 0 atom stereocenters. The Balaban J connectivity index is 2.18. The Morgan fingerprint density at radius 1 is 1.17 bits per heavy atom. The fourth-order valence-electron chi connectivity index (χ4n) is 2.75. The largest absolute Gasteiger partial charge is 0.477 e. The molecule has 0 spiro atoms. The van der Waals surface area contributed by atoms with Crippen LogP contribution in [0.4, 0.5) is 0 Å². The van der Waals surface area contributed by atoms with Crippen molar-refractivity contribution in [3.05, 3.63) is 75.3 Å². The van der Waals surface area contributed by atoms with Crippen molar-refractivity contribution < 1.29 is 9.90 Å². The van der Waals surface area contributed by atoms with Gasteiger partial charge < -0.3 is 9.67 Å². The predicted octanol–water partition coefficient (Wildman–Crippen LogP) is 2.76. The summed E-state index contributed by atoms with van der Waals surface area (Å²) in [6.07, 6.45) is 3.36. The molecule has 5 nitrogen and oxygen atoms in total. The number of pyridine rings is 2. The first-order valence-electron chi connectivity index (χ1n) is 7.25. The van der Waals surface area contributed by atoms with Crippen molar-refractivity contribution in [3.63, 3.8) is 0 Å². The van der Waals surface area contributed by atoms with E-state index in [0.717, 1.165) is 22.0 Å². The summed E-state index contributed by atoms with van der Waals surface area (Å²) in [5.74, 6) is -1.20. The first kappa shape index (κ1) is 15.0. The number of fused-ring (bicyclic) bond motifs is 1. The molecule has 23 heavy (non-hydrogen) atoms. The quantitative estimate of drug-likeness (QED) is 0.807. The molecule has 0 bridgehead atoms. The van der Waals surface area contributed by atoms with Gasteiger partial charge in [-0.1, -0.05) is 12.1 Å². The van der Waals surface area contributed by atoms with Gasteiger partial charge >= 0.3 is 5.97 Å². The van der Waals surface area contributed by atoms with Crippen LogP contribution >= 0.6 is 0 Å². The lowest BCUT2D eigenvalue weighted by molar-refractivity contribution is 0.0693. The molecular weight excluding hydrogens is 292 g/mol. The second kappa shape index (κ2) is 5.68. The van der Waals surface area contributed by atoms with Gasteiger partial charge in [-0.05, 0) is 48.7 Å². The first-order chi connectivity index (χ1) is 11.0. The fourth-order valence-corrected chi connectivity index (χ4v) is 2.75. The molecule has 0 fully saturated rings. The minimum absolute atomic E-state index is 0.177. The maximum atomic E-state index is 12.4. The van der Waals surface area contributed by atoms with Gasteiger partial charge in [0, 0.05) is 17.8 Å². The minimum Gasteiger partial charge on any atom is -0.477 e. The average Bonchev–Trinajstić information content (AvgIpc) is 2.52. The maximum absolute atomic E-state index is 12.4. The Kier molecular flexibility index (Phi) is 3.70. The van der Waals surface area contributed by atoms with Gasteiger partial charge in [-0.25, -0.2) is 4.79 Å². The molecule has 0 unspecified atom stereocenters. The van der Waals surface area contributed by atoms with Crippen LogP contribution in [0.3, 0.4) is 0 Å². The van der Waals surface area contributed by atoms with Gasteiger partial charge in [0.25, 0.3) is 5.56 Å². The number of carboxylic acid groups (broad SMARTS) is 1. The van der Waals surface area contributed by atoms with Crippen LogP contribution in [0.1, 0.15) is 27.0 Å². The number of aromatic carboxylic acids is 1. The molecule has 5 heteroatoms. The number of aryl methyl sites for hydroxylation is 2. The molecule has 116 valence electrons. The van der Waals surface area contributed by atoms with E-state index >= 15 is 0 Å². The van der Waals surface area contributed by atoms with Crippen molar-refractivity contribution in [2.24, 2.45) is 0 Å². The molecule has 0 aliphatic carbocycles. The van der Waals surface area contributed by atoms with E-state index in [2.05, 4.69) is 4.98 Å². The summed E-state index contributed by atoms with van der Waals surface area (Å²) in [5.41, 5.74) is 2.66. The average molecular weight is 308 g/mol. The lowest BCUT2D eigenvalue weighted by Crippen LogP contribution is -2.27. The Bertz CT molecular complexity index is 974. The van der Waals surface area contributed by atoms with E-state index in [1.165, 1.54) is 4.57 Å². The summed E-state index contributed by atoms with van der Waals surface area (Å²) in [4.78, 5) is 28.1. The Hall–Kier alpha value is -2.95. The smallest absolute Gasteiger partial charge is 0.341 e. The Morgan fingerprint density at radius 3 is 2.70 bits per heavy atom. The molecule has 0 radical (unpaired) electrons. The number of aromatic nitrogens is 2. The summed E-state index contributed by atoms with van der Waals surface area (Å²) in [7, 11) is 0. The van der Waals surface area contributed by atoms with E-state index in [1.54, 1.807) is 25.4 Å². The third-order valence-electron chi connectivity index (χ3n) is 4.05. The molecule has 3 aromatic rings. The molecule has 3 rings (SSSR count). The minimum atomic E-state index is -1.20. The normalized spacial score (nSPS) is 10.9. The van der Waals surface area contributed by atoms with Crippen LogP contribution in [0.25, 0.3) is 10.9 Å². The Morgan fingerprint density at radius 2 is 1.96 bits per heavy atom. The van der Waals surface area contributed by atoms with Gasteiger partial charge in [-0.3, -0.25) is 9.78 Å². The number of benzene rings is 1. The van der Waals surface area contributed by atoms with Crippen LogP contribution in [0.5, 0.6) is 0 Å². The van der Waals surface area contributed by atoms with Crippen LogP contribution in [0.15, 0.2) is 47.5 Å². The van der Waals surface area contributed by atoms with Gasteiger partial charge in [-0.15, -0.1) is 0 Å². The van der Waals surface area contributed by atoms with Gasteiger partial charge in [0.2, 0.25) is 0 Å². The number of rotatable bonds is 3. The second-order valence-electron chi connectivity index (χ2n) is 5.54. The summed E-state index contributed by atoms with van der Waals surface area (Å²) < 4.78 is 1.44. The SMILES string of the molecule is Cc1ccn(Cc2c(C)ccc3ncccc23)c(=O)c1C(=O)O. The molecular formula is C18H16N2O3. The Labute approximate surface area is 132 Å². The molecule has 2 heterocycles. The molecule has 1 N–H and O–H groups in total. The summed E-state index contributed by atoms with van der Waals surface area (Å²) in [6.45, 7) is 3.91. The fraction of sp³-hybridized carbons (Fsp3) is 0.167. The van der Waals surface area contributed by atoms with E-state index in [1.807, 2.05) is 31.2 Å². The highest BCUT2D eigenvalue weighted by Gasteiger charge is 2.15. The second-order valence-corrected chi connectivity index (χ2v) is 5.54. The molecule has 0 saturated heterocycles. The maximum Gasteiger partial charge on any atom is 0.341 e.